The first-order valence-electron chi connectivity index (χ1n) is 15.7. The summed E-state index contributed by atoms with van der Waals surface area (Å²) in [6, 6.07) is 16.9. The van der Waals surface area contributed by atoms with Gasteiger partial charge in [-0.25, -0.2) is 14.4 Å². The molecule has 0 saturated carbocycles. The van der Waals surface area contributed by atoms with E-state index in [-0.39, 0.29) is 17.9 Å². The van der Waals surface area contributed by atoms with Gasteiger partial charge in [0.25, 0.3) is 0 Å². The predicted molar refractivity (Wildman–Crippen MR) is 175 cm³/mol. The fraction of sp³-hybridized carbons (Fsp3) is 0.543. The SMILES string of the molecule is COC(=O)C(NC(=O)[C@H](CC(C)C)NC(=O)N(CC[C@H](Cc1ccccc1)NC(=O)OC(C)(C)C)Cc1ccccc1)C(C)C. The van der Waals surface area contributed by atoms with Crippen LogP contribution in [0.4, 0.5) is 9.59 Å². The maximum absolute atomic E-state index is 13.9. The third kappa shape index (κ3) is 14.0. The molecular weight excluding hydrogens is 572 g/mol. The summed E-state index contributed by atoms with van der Waals surface area (Å²) in [5.74, 6) is -1.10. The van der Waals surface area contributed by atoms with Crippen LogP contribution in [0.15, 0.2) is 60.7 Å². The van der Waals surface area contributed by atoms with Gasteiger partial charge in [-0.05, 0) is 63.0 Å². The lowest BCUT2D eigenvalue weighted by molar-refractivity contribution is -0.146. The van der Waals surface area contributed by atoms with E-state index in [0.29, 0.717) is 32.4 Å². The van der Waals surface area contributed by atoms with Crippen molar-refractivity contribution in [1.82, 2.24) is 20.9 Å². The highest BCUT2D eigenvalue weighted by molar-refractivity contribution is 5.90. The molecule has 3 N–H and O–H groups in total. The molecule has 0 fully saturated rings. The van der Waals surface area contributed by atoms with Gasteiger partial charge in [0.1, 0.15) is 17.7 Å². The Morgan fingerprint density at radius 1 is 0.822 bits per heavy atom. The summed E-state index contributed by atoms with van der Waals surface area (Å²) in [5.41, 5.74) is 1.30. The zero-order valence-corrected chi connectivity index (χ0v) is 28.1. The Labute approximate surface area is 268 Å². The Kier molecular flexibility index (Phi) is 14.9. The van der Waals surface area contributed by atoms with Crippen molar-refractivity contribution in [3.8, 4) is 0 Å². The molecule has 2 aromatic carbocycles. The third-order valence-electron chi connectivity index (χ3n) is 7.04. The van der Waals surface area contributed by atoms with Crippen molar-refractivity contribution in [3.05, 3.63) is 71.8 Å². The zero-order chi connectivity index (χ0) is 33.6. The number of ether oxygens (including phenoxy) is 2. The number of hydrogen-bond acceptors (Lipinski definition) is 6. The predicted octanol–water partition coefficient (Wildman–Crippen LogP) is 5.45. The van der Waals surface area contributed by atoms with Crippen LogP contribution in [0.1, 0.15) is 72.4 Å². The van der Waals surface area contributed by atoms with Crippen LogP contribution in [0.5, 0.6) is 0 Å². The van der Waals surface area contributed by atoms with Crippen LogP contribution in [0.3, 0.4) is 0 Å². The third-order valence-corrected chi connectivity index (χ3v) is 7.04. The van der Waals surface area contributed by atoms with Gasteiger partial charge in [0.2, 0.25) is 5.91 Å². The number of amides is 4. The molecule has 45 heavy (non-hydrogen) atoms. The van der Waals surface area contributed by atoms with Gasteiger partial charge < -0.3 is 30.3 Å². The molecule has 0 aliphatic rings. The minimum atomic E-state index is -0.873. The molecule has 3 atom stereocenters. The summed E-state index contributed by atoms with van der Waals surface area (Å²) in [4.78, 5) is 54.0. The Hall–Kier alpha value is -4.08. The van der Waals surface area contributed by atoms with Crippen LogP contribution in [0.2, 0.25) is 0 Å². The van der Waals surface area contributed by atoms with Crippen LogP contribution >= 0.6 is 0 Å². The number of carbonyl (C=O) groups excluding carboxylic acids is 4. The number of nitrogens with zero attached hydrogens (tertiary/aromatic N) is 1. The number of methoxy groups -OCH3 is 1. The van der Waals surface area contributed by atoms with Gasteiger partial charge in [-0.2, -0.15) is 0 Å². The number of urea groups is 1. The van der Waals surface area contributed by atoms with Crippen LogP contribution in [-0.4, -0.2) is 66.3 Å². The second kappa shape index (κ2) is 18.0. The molecule has 0 aliphatic carbocycles. The number of carbonyl (C=O) groups is 4. The molecule has 10 nitrogen and oxygen atoms in total. The van der Waals surface area contributed by atoms with Gasteiger partial charge in [-0.3, -0.25) is 4.79 Å². The quantitative estimate of drug-likeness (QED) is 0.226. The lowest BCUT2D eigenvalue weighted by Crippen LogP contribution is -2.56. The zero-order valence-electron chi connectivity index (χ0n) is 28.1. The van der Waals surface area contributed by atoms with E-state index in [1.807, 2.05) is 109 Å². The Morgan fingerprint density at radius 2 is 1.40 bits per heavy atom. The number of alkyl carbamates (subject to hydrolysis) is 1. The minimum Gasteiger partial charge on any atom is -0.467 e. The monoisotopic (exact) mass is 624 g/mol. The number of rotatable bonds is 15. The standard InChI is InChI=1S/C35H52N4O6/c1-24(2)21-29(31(40)38-30(25(3)4)32(41)44-8)37-33(42)39(23-27-17-13-10-14-18-27)20-19-28(22-26-15-11-9-12-16-26)36-34(43)45-35(5,6)7/h9-18,24-25,28-30H,19-23H2,1-8H3,(H,36,43)(H,37,42)(H,38,40)/t28-,29+,30?/m1/s1. The van der Waals surface area contributed by atoms with Crippen molar-refractivity contribution in [3.63, 3.8) is 0 Å². The van der Waals surface area contributed by atoms with E-state index in [1.165, 1.54) is 7.11 Å². The Morgan fingerprint density at radius 3 is 1.91 bits per heavy atom. The van der Waals surface area contributed by atoms with E-state index < -0.39 is 41.7 Å². The summed E-state index contributed by atoms with van der Waals surface area (Å²) in [5, 5.41) is 8.69. The summed E-state index contributed by atoms with van der Waals surface area (Å²) < 4.78 is 10.4. The van der Waals surface area contributed by atoms with E-state index >= 15 is 0 Å². The summed E-state index contributed by atoms with van der Waals surface area (Å²) in [7, 11) is 1.28. The molecule has 1 unspecified atom stereocenters. The molecule has 0 aromatic heterocycles. The molecule has 0 saturated heterocycles. The smallest absolute Gasteiger partial charge is 0.407 e. The van der Waals surface area contributed by atoms with Crippen LogP contribution in [-0.2, 0) is 32.0 Å². The number of nitrogens with one attached hydrogen (secondary N) is 3. The maximum atomic E-state index is 13.9. The molecule has 0 bridgehead atoms. The number of hydrogen-bond donors (Lipinski definition) is 3. The van der Waals surface area contributed by atoms with Gasteiger partial charge in [-0.15, -0.1) is 0 Å². The second-order valence-corrected chi connectivity index (χ2v) is 13.1. The van der Waals surface area contributed by atoms with E-state index in [0.717, 1.165) is 11.1 Å². The van der Waals surface area contributed by atoms with Gasteiger partial charge in [-0.1, -0.05) is 88.4 Å². The highest BCUT2D eigenvalue weighted by Gasteiger charge is 2.31. The van der Waals surface area contributed by atoms with Gasteiger partial charge in [0, 0.05) is 19.1 Å². The lowest BCUT2D eigenvalue weighted by atomic mass is 10.0. The van der Waals surface area contributed by atoms with E-state index in [4.69, 9.17) is 9.47 Å². The average molecular weight is 625 g/mol. The van der Waals surface area contributed by atoms with Crippen molar-refractivity contribution < 1.29 is 28.7 Å². The van der Waals surface area contributed by atoms with Crippen LogP contribution in [0.25, 0.3) is 0 Å². The first-order valence-corrected chi connectivity index (χ1v) is 15.7. The summed E-state index contributed by atoms with van der Waals surface area (Å²) >= 11 is 0. The van der Waals surface area contributed by atoms with Crippen LogP contribution < -0.4 is 16.0 Å². The van der Waals surface area contributed by atoms with Gasteiger partial charge in [0.05, 0.1) is 7.11 Å². The molecular formula is C35H52N4O6. The summed E-state index contributed by atoms with van der Waals surface area (Å²) in [6.45, 7) is 13.6. The molecule has 10 heteroatoms. The van der Waals surface area contributed by atoms with Crippen LogP contribution in [0, 0.1) is 11.8 Å². The van der Waals surface area contributed by atoms with E-state index in [2.05, 4.69) is 16.0 Å². The van der Waals surface area contributed by atoms with Crippen molar-refractivity contribution >= 4 is 24.0 Å². The normalized spacial score (nSPS) is 13.4. The maximum Gasteiger partial charge on any atom is 0.407 e. The molecule has 4 amide bonds. The molecule has 0 aliphatic heterocycles. The molecule has 0 spiro atoms. The first-order chi connectivity index (χ1) is 21.2. The van der Waals surface area contributed by atoms with Crippen molar-refractivity contribution in [2.45, 2.75) is 98.0 Å². The highest BCUT2D eigenvalue weighted by atomic mass is 16.6. The first kappa shape index (κ1) is 37.1. The minimum absolute atomic E-state index is 0.0903. The van der Waals surface area contributed by atoms with Crippen molar-refractivity contribution in [2.75, 3.05) is 13.7 Å². The lowest BCUT2D eigenvalue weighted by Gasteiger charge is -2.30. The van der Waals surface area contributed by atoms with E-state index in [9.17, 15) is 19.2 Å². The van der Waals surface area contributed by atoms with Gasteiger partial charge in [0.15, 0.2) is 0 Å². The molecule has 248 valence electrons. The number of esters is 1. The molecule has 0 heterocycles. The topological polar surface area (TPSA) is 126 Å². The summed E-state index contributed by atoms with van der Waals surface area (Å²) in [6.07, 6.45) is 0.831. The highest BCUT2D eigenvalue weighted by Crippen LogP contribution is 2.14. The number of benzene rings is 2. The molecule has 0 radical (unpaired) electrons. The molecule has 2 rings (SSSR count). The second-order valence-electron chi connectivity index (χ2n) is 13.1. The Bertz CT molecular complexity index is 1210. The van der Waals surface area contributed by atoms with E-state index in [1.54, 1.807) is 4.90 Å². The largest absolute Gasteiger partial charge is 0.467 e. The fourth-order valence-electron chi connectivity index (χ4n) is 4.79. The molecule has 2 aromatic rings. The Balaban J connectivity index is 2.29. The average Bonchev–Trinajstić information content (AvgIpc) is 2.96. The fourth-order valence-corrected chi connectivity index (χ4v) is 4.79. The van der Waals surface area contributed by atoms with Crippen molar-refractivity contribution in [2.24, 2.45) is 11.8 Å². The van der Waals surface area contributed by atoms with Gasteiger partial charge >= 0.3 is 18.1 Å². The van der Waals surface area contributed by atoms with Crippen molar-refractivity contribution in [1.29, 1.82) is 0 Å².